The predicted octanol–water partition coefficient (Wildman–Crippen LogP) is 5.10. The van der Waals surface area contributed by atoms with E-state index in [0.717, 1.165) is 17.0 Å². The molecular formula is C19H15F3N2O2S. The molecule has 8 heteroatoms. The summed E-state index contributed by atoms with van der Waals surface area (Å²) in [5, 5.41) is 1.95. The number of carbonyl (C=O) groups excluding carboxylic acids is 1. The molecule has 140 valence electrons. The molecule has 0 saturated carbocycles. The van der Waals surface area contributed by atoms with Gasteiger partial charge in [0.2, 0.25) is 0 Å². The number of halogens is 3. The fraction of sp³-hybridized carbons (Fsp3) is 0.105. The third-order valence-electron chi connectivity index (χ3n) is 3.57. The van der Waals surface area contributed by atoms with Gasteiger partial charge in [0.05, 0.1) is 11.3 Å². The second-order valence-corrected chi connectivity index (χ2v) is 6.59. The van der Waals surface area contributed by atoms with Crippen LogP contribution in [0.4, 0.5) is 18.9 Å². The van der Waals surface area contributed by atoms with Gasteiger partial charge in [0.15, 0.2) is 0 Å². The minimum absolute atomic E-state index is 0.128. The van der Waals surface area contributed by atoms with Crippen LogP contribution in [0.2, 0.25) is 0 Å². The van der Waals surface area contributed by atoms with Gasteiger partial charge in [-0.1, -0.05) is 18.2 Å². The highest BCUT2D eigenvalue weighted by atomic mass is 32.1. The van der Waals surface area contributed by atoms with Crippen LogP contribution in [0.5, 0.6) is 5.75 Å². The zero-order chi connectivity index (χ0) is 19.3. The van der Waals surface area contributed by atoms with Crippen molar-refractivity contribution in [2.24, 2.45) is 0 Å². The summed E-state index contributed by atoms with van der Waals surface area (Å²) in [4.78, 5) is 13.3. The molecule has 0 spiro atoms. The Bertz CT molecular complexity index is 911. The first-order valence-electron chi connectivity index (χ1n) is 7.91. The number of rotatable bonds is 6. The highest BCUT2D eigenvalue weighted by molar-refractivity contribution is 7.09. The van der Waals surface area contributed by atoms with Crippen molar-refractivity contribution >= 4 is 22.9 Å². The first kappa shape index (κ1) is 18.8. The minimum atomic E-state index is -4.45. The molecule has 1 amide bonds. The second-order valence-electron chi connectivity index (χ2n) is 5.55. The summed E-state index contributed by atoms with van der Waals surface area (Å²) in [6, 6.07) is 15.0. The zero-order valence-corrected chi connectivity index (χ0v) is 14.7. The maximum absolute atomic E-state index is 12.7. The number of amides is 1. The number of nitrogens with one attached hydrogen (secondary N) is 2. The summed E-state index contributed by atoms with van der Waals surface area (Å²) in [5.41, 5.74) is 4.52. The highest BCUT2D eigenvalue weighted by Crippen LogP contribution is 2.30. The van der Waals surface area contributed by atoms with Crippen LogP contribution >= 0.6 is 11.3 Å². The third kappa shape index (κ3) is 5.24. The Morgan fingerprint density at radius 1 is 1.04 bits per heavy atom. The van der Waals surface area contributed by atoms with Gasteiger partial charge in [-0.15, -0.1) is 11.3 Å². The molecule has 0 aliphatic carbocycles. The van der Waals surface area contributed by atoms with E-state index in [1.54, 1.807) is 35.6 Å². The zero-order valence-electron chi connectivity index (χ0n) is 13.9. The van der Waals surface area contributed by atoms with E-state index in [0.29, 0.717) is 17.9 Å². The summed E-state index contributed by atoms with van der Waals surface area (Å²) < 4.78 is 43.8. The summed E-state index contributed by atoms with van der Waals surface area (Å²) in [6.07, 6.45) is -4.45. The van der Waals surface area contributed by atoms with Gasteiger partial charge in [-0.25, -0.2) is 0 Å². The van der Waals surface area contributed by atoms with Crippen LogP contribution in [0, 0.1) is 0 Å². The van der Waals surface area contributed by atoms with Crippen molar-refractivity contribution in [1.29, 1.82) is 0 Å². The number of hydrogen-bond donors (Lipinski definition) is 2. The maximum Gasteiger partial charge on any atom is 0.416 e. The van der Waals surface area contributed by atoms with E-state index < -0.39 is 17.6 Å². The van der Waals surface area contributed by atoms with E-state index in [9.17, 15) is 18.0 Å². The molecular weight excluding hydrogens is 377 g/mol. The molecule has 0 aliphatic heterocycles. The summed E-state index contributed by atoms with van der Waals surface area (Å²) in [5.74, 6) is 0.0316. The minimum Gasteiger partial charge on any atom is -0.488 e. The molecule has 0 saturated heterocycles. The van der Waals surface area contributed by atoms with Crippen LogP contribution < -0.4 is 15.6 Å². The molecule has 2 N–H and O–H groups in total. The molecule has 0 bridgehead atoms. The largest absolute Gasteiger partial charge is 0.488 e. The Morgan fingerprint density at radius 2 is 1.85 bits per heavy atom. The smallest absolute Gasteiger partial charge is 0.416 e. The average molecular weight is 392 g/mol. The highest BCUT2D eigenvalue weighted by Gasteiger charge is 2.30. The molecule has 2 aromatic carbocycles. The van der Waals surface area contributed by atoms with Gasteiger partial charge >= 0.3 is 6.18 Å². The summed E-state index contributed by atoms with van der Waals surface area (Å²) in [6.45, 7) is 0.394. The Kier molecular flexibility index (Phi) is 5.66. The molecule has 0 atom stereocenters. The van der Waals surface area contributed by atoms with Crippen LogP contribution in [-0.2, 0) is 12.8 Å². The molecule has 0 unspecified atom stereocenters. The van der Waals surface area contributed by atoms with E-state index in [1.165, 1.54) is 12.1 Å². The average Bonchev–Trinajstić information content (AvgIpc) is 3.18. The fourth-order valence-electron chi connectivity index (χ4n) is 2.25. The van der Waals surface area contributed by atoms with Gasteiger partial charge in [-0.05, 0) is 47.8 Å². The Labute approximate surface area is 157 Å². The van der Waals surface area contributed by atoms with Crippen molar-refractivity contribution in [2.45, 2.75) is 12.8 Å². The number of anilines is 1. The molecule has 0 fully saturated rings. The molecule has 3 rings (SSSR count). The molecule has 3 aromatic rings. The lowest BCUT2D eigenvalue weighted by molar-refractivity contribution is -0.137. The normalized spacial score (nSPS) is 11.1. The topological polar surface area (TPSA) is 50.4 Å². The van der Waals surface area contributed by atoms with Crippen LogP contribution in [0.25, 0.3) is 0 Å². The number of hydrazine groups is 1. The van der Waals surface area contributed by atoms with Crippen LogP contribution in [0.15, 0.2) is 66.0 Å². The van der Waals surface area contributed by atoms with Gasteiger partial charge in [0.25, 0.3) is 5.91 Å². The van der Waals surface area contributed by atoms with E-state index in [1.807, 2.05) is 17.5 Å². The Morgan fingerprint density at radius 3 is 2.59 bits per heavy atom. The predicted molar refractivity (Wildman–Crippen MR) is 97.6 cm³/mol. The Balaban J connectivity index is 1.60. The molecule has 27 heavy (non-hydrogen) atoms. The van der Waals surface area contributed by atoms with Gasteiger partial charge in [-0.2, -0.15) is 13.2 Å². The van der Waals surface area contributed by atoms with Gasteiger partial charge in [0, 0.05) is 10.4 Å². The number of ether oxygens (including phenoxy) is 1. The standard InChI is InChI=1S/C19H15F3N2O2S/c20-19(21,22)14-5-2-6-15(11-14)23-24-18(25)13-4-1-7-16(10-13)26-12-17-8-3-9-27-17/h1-11,23H,12H2,(H,24,25). The molecule has 0 radical (unpaired) electrons. The number of alkyl halides is 3. The first-order valence-corrected chi connectivity index (χ1v) is 8.78. The van der Waals surface area contributed by atoms with E-state index in [4.69, 9.17) is 4.74 Å². The lowest BCUT2D eigenvalue weighted by Crippen LogP contribution is -2.29. The van der Waals surface area contributed by atoms with Crippen LogP contribution in [0.3, 0.4) is 0 Å². The van der Waals surface area contributed by atoms with Crippen molar-refractivity contribution in [3.63, 3.8) is 0 Å². The molecule has 1 aromatic heterocycles. The lowest BCUT2D eigenvalue weighted by atomic mass is 10.2. The van der Waals surface area contributed by atoms with Crippen molar-refractivity contribution in [3.05, 3.63) is 82.0 Å². The summed E-state index contributed by atoms with van der Waals surface area (Å²) >= 11 is 1.57. The van der Waals surface area contributed by atoms with Crippen LogP contribution in [-0.4, -0.2) is 5.91 Å². The number of thiophene rings is 1. The van der Waals surface area contributed by atoms with Gasteiger partial charge < -0.3 is 4.74 Å². The fourth-order valence-corrected chi connectivity index (χ4v) is 2.87. The Hall–Kier alpha value is -3.00. The second kappa shape index (κ2) is 8.13. The van der Waals surface area contributed by atoms with Crippen molar-refractivity contribution in [2.75, 3.05) is 5.43 Å². The number of hydrogen-bond acceptors (Lipinski definition) is 4. The van der Waals surface area contributed by atoms with Crippen LogP contribution in [0.1, 0.15) is 20.8 Å². The SMILES string of the molecule is O=C(NNc1cccc(C(F)(F)F)c1)c1cccc(OCc2cccs2)c1. The van der Waals surface area contributed by atoms with Crippen molar-refractivity contribution < 1.29 is 22.7 Å². The summed E-state index contributed by atoms with van der Waals surface area (Å²) in [7, 11) is 0. The monoisotopic (exact) mass is 392 g/mol. The van der Waals surface area contributed by atoms with Gasteiger partial charge in [0.1, 0.15) is 12.4 Å². The number of benzene rings is 2. The van der Waals surface area contributed by atoms with E-state index >= 15 is 0 Å². The van der Waals surface area contributed by atoms with E-state index in [-0.39, 0.29) is 5.69 Å². The van der Waals surface area contributed by atoms with Crippen molar-refractivity contribution in [3.8, 4) is 5.75 Å². The van der Waals surface area contributed by atoms with Crippen molar-refractivity contribution in [1.82, 2.24) is 5.43 Å². The first-order chi connectivity index (χ1) is 12.9. The molecule has 0 aliphatic rings. The third-order valence-corrected chi connectivity index (χ3v) is 4.42. The lowest BCUT2D eigenvalue weighted by Gasteiger charge is -2.12. The quantitative estimate of drug-likeness (QED) is 0.574. The van der Waals surface area contributed by atoms with Gasteiger partial charge in [-0.3, -0.25) is 15.6 Å². The molecule has 1 heterocycles. The molecule has 4 nitrogen and oxygen atoms in total. The number of carbonyl (C=O) groups is 1. The maximum atomic E-state index is 12.7. The van der Waals surface area contributed by atoms with E-state index in [2.05, 4.69) is 10.9 Å².